The smallest absolute Gasteiger partial charge is 0.415 e. The van der Waals surface area contributed by atoms with E-state index < -0.39 is 11.7 Å². The zero-order chi connectivity index (χ0) is 10.8. The van der Waals surface area contributed by atoms with Gasteiger partial charge in [0.1, 0.15) is 11.4 Å². The van der Waals surface area contributed by atoms with Crippen LogP contribution in [0.4, 0.5) is 10.6 Å². The predicted octanol–water partition coefficient (Wildman–Crippen LogP) is 1.78. The van der Waals surface area contributed by atoms with Gasteiger partial charge in [-0.3, -0.25) is 4.90 Å². The molecule has 5 nitrogen and oxygen atoms in total. The van der Waals surface area contributed by atoms with Crippen molar-refractivity contribution in [1.29, 1.82) is 0 Å². The quantitative estimate of drug-likeness (QED) is 0.746. The Labute approximate surface area is 83.1 Å². The molecule has 78 valence electrons. The lowest BCUT2D eigenvalue weighted by atomic mass is 10.2. The summed E-state index contributed by atoms with van der Waals surface area (Å²) in [5.41, 5.74) is -0.481. The Morgan fingerprint density at radius 3 is 2.64 bits per heavy atom. The number of carbonyl (C=O) groups is 1. The number of aromatic amines is 1. The molecular weight excluding hydrogens is 182 g/mol. The van der Waals surface area contributed by atoms with Crippen molar-refractivity contribution in [2.75, 3.05) is 11.9 Å². The molecule has 0 aromatic carbocycles. The van der Waals surface area contributed by atoms with E-state index >= 15 is 0 Å². The number of rotatable bonds is 1. The molecule has 0 spiro atoms. The van der Waals surface area contributed by atoms with Crippen LogP contribution in [0.3, 0.4) is 0 Å². The van der Waals surface area contributed by atoms with Gasteiger partial charge in [0.2, 0.25) is 0 Å². The lowest BCUT2D eigenvalue weighted by Gasteiger charge is -2.23. The van der Waals surface area contributed by atoms with E-state index in [-0.39, 0.29) is 0 Å². The number of aromatic nitrogens is 2. The molecule has 0 aliphatic rings. The van der Waals surface area contributed by atoms with Gasteiger partial charge in [-0.1, -0.05) is 0 Å². The summed E-state index contributed by atoms with van der Waals surface area (Å²) in [6.45, 7) is 5.48. The van der Waals surface area contributed by atoms with E-state index in [1.165, 1.54) is 11.2 Å². The minimum Gasteiger partial charge on any atom is -0.443 e. The average Bonchev–Trinajstić information content (AvgIpc) is 2.51. The van der Waals surface area contributed by atoms with Crippen molar-refractivity contribution in [3.8, 4) is 0 Å². The van der Waals surface area contributed by atoms with Gasteiger partial charge in [-0.05, 0) is 20.8 Å². The maximum atomic E-state index is 11.5. The molecule has 0 unspecified atom stereocenters. The van der Waals surface area contributed by atoms with Crippen LogP contribution in [0, 0.1) is 0 Å². The van der Waals surface area contributed by atoms with E-state index in [1.807, 2.05) is 20.8 Å². The molecule has 1 N–H and O–H groups in total. The fourth-order valence-electron chi connectivity index (χ4n) is 0.861. The first-order chi connectivity index (χ1) is 6.40. The highest BCUT2D eigenvalue weighted by atomic mass is 16.6. The number of nitrogens with zero attached hydrogens (tertiary/aromatic N) is 2. The Morgan fingerprint density at radius 1 is 1.57 bits per heavy atom. The molecule has 0 atom stereocenters. The van der Waals surface area contributed by atoms with Crippen molar-refractivity contribution < 1.29 is 9.53 Å². The van der Waals surface area contributed by atoms with Crippen molar-refractivity contribution in [1.82, 2.24) is 9.97 Å². The van der Waals surface area contributed by atoms with Gasteiger partial charge in [-0.2, -0.15) is 0 Å². The number of carbonyl (C=O) groups excluding carboxylic acids is 1. The van der Waals surface area contributed by atoms with Gasteiger partial charge in [0, 0.05) is 7.05 Å². The Hall–Kier alpha value is -1.52. The first kappa shape index (κ1) is 10.6. The number of nitrogens with one attached hydrogen (secondary N) is 1. The van der Waals surface area contributed by atoms with Crippen LogP contribution in [0.2, 0.25) is 0 Å². The highest BCUT2D eigenvalue weighted by Crippen LogP contribution is 2.13. The third kappa shape index (κ3) is 2.76. The average molecular weight is 197 g/mol. The summed E-state index contributed by atoms with van der Waals surface area (Å²) >= 11 is 0. The monoisotopic (exact) mass is 197 g/mol. The van der Waals surface area contributed by atoms with Crippen molar-refractivity contribution in [3.63, 3.8) is 0 Å². The van der Waals surface area contributed by atoms with E-state index in [4.69, 9.17) is 4.74 Å². The van der Waals surface area contributed by atoms with Crippen LogP contribution in [-0.4, -0.2) is 28.7 Å². The van der Waals surface area contributed by atoms with Gasteiger partial charge in [0.05, 0.1) is 12.5 Å². The summed E-state index contributed by atoms with van der Waals surface area (Å²) in [6, 6.07) is 0. The van der Waals surface area contributed by atoms with Crippen molar-refractivity contribution in [2.24, 2.45) is 0 Å². The highest BCUT2D eigenvalue weighted by molar-refractivity contribution is 5.85. The first-order valence-corrected chi connectivity index (χ1v) is 4.35. The van der Waals surface area contributed by atoms with Gasteiger partial charge in [0.25, 0.3) is 0 Å². The van der Waals surface area contributed by atoms with Gasteiger partial charge < -0.3 is 9.72 Å². The third-order valence-corrected chi connectivity index (χ3v) is 1.51. The number of hydrogen-bond donors (Lipinski definition) is 1. The Bertz CT molecular complexity index is 300. The fraction of sp³-hybridized carbons (Fsp3) is 0.556. The van der Waals surface area contributed by atoms with Crippen LogP contribution in [-0.2, 0) is 4.74 Å². The molecule has 0 bridgehead atoms. The predicted molar refractivity (Wildman–Crippen MR) is 53.2 cm³/mol. The molecule has 5 heteroatoms. The normalized spacial score (nSPS) is 11.1. The summed E-state index contributed by atoms with van der Waals surface area (Å²) in [4.78, 5) is 19.5. The molecule has 0 saturated heterocycles. The van der Waals surface area contributed by atoms with Crippen LogP contribution in [0.1, 0.15) is 20.8 Å². The number of H-pyrrole nitrogens is 1. The molecule has 1 heterocycles. The summed E-state index contributed by atoms with van der Waals surface area (Å²) in [7, 11) is 1.63. The second-order valence-corrected chi connectivity index (χ2v) is 3.98. The first-order valence-electron chi connectivity index (χ1n) is 4.35. The fourth-order valence-corrected chi connectivity index (χ4v) is 0.861. The Kier molecular flexibility index (Phi) is 2.78. The zero-order valence-corrected chi connectivity index (χ0v) is 8.87. The van der Waals surface area contributed by atoms with Crippen molar-refractivity contribution in [3.05, 3.63) is 12.5 Å². The van der Waals surface area contributed by atoms with E-state index in [2.05, 4.69) is 9.97 Å². The van der Waals surface area contributed by atoms with Gasteiger partial charge in [-0.15, -0.1) is 0 Å². The molecule has 1 amide bonds. The molecule has 0 saturated carbocycles. The number of imidazole rings is 1. The van der Waals surface area contributed by atoms with Crippen LogP contribution in [0.15, 0.2) is 12.5 Å². The van der Waals surface area contributed by atoms with Gasteiger partial charge in [-0.25, -0.2) is 9.78 Å². The maximum absolute atomic E-state index is 11.5. The molecular formula is C9H15N3O2. The SMILES string of the molecule is CN(C(=O)OC(C)(C)C)c1cnc[nH]1. The molecule has 1 aromatic rings. The van der Waals surface area contributed by atoms with Crippen LogP contribution >= 0.6 is 0 Å². The third-order valence-electron chi connectivity index (χ3n) is 1.51. The summed E-state index contributed by atoms with van der Waals surface area (Å²) in [5, 5.41) is 0. The Balaban J connectivity index is 2.63. The maximum Gasteiger partial charge on any atom is 0.415 e. The molecule has 0 aliphatic heterocycles. The number of ether oxygens (including phenoxy) is 1. The second-order valence-electron chi connectivity index (χ2n) is 3.98. The molecule has 0 aliphatic carbocycles. The molecule has 1 rings (SSSR count). The molecule has 0 radical (unpaired) electrons. The lowest BCUT2D eigenvalue weighted by Crippen LogP contribution is -2.34. The summed E-state index contributed by atoms with van der Waals surface area (Å²) in [5.74, 6) is 0.610. The van der Waals surface area contributed by atoms with E-state index in [9.17, 15) is 4.79 Å². The highest BCUT2D eigenvalue weighted by Gasteiger charge is 2.20. The molecule has 14 heavy (non-hydrogen) atoms. The lowest BCUT2D eigenvalue weighted by molar-refractivity contribution is 0.0588. The Morgan fingerprint density at radius 2 is 2.21 bits per heavy atom. The van der Waals surface area contributed by atoms with Gasteiger partial charge >= 0.3 is 6.09 Å². The van der Waals surface area contributed by atoms with Crippen molar-refractivity contribution >= 4 is 11.9 Å². The number of anilines is 1. The largest absolute Gasteiger partial charge is 0.443 e. The van der Waals surface area contributed by atoms with Crippen LogP contribution in [0.5, 0.6) is 0 Å². The topological polar surface area (TPSA) is 58.2 Å². The second kappa shape index (κ2) is 3.69. The molecule has 1 aromatic heterocycles. The van der Waals surface area contributed by atoms with Crippen molar-refractivity contribution in [2.45, 2.75) is 26.4 Å². The summed E-state index contributed by atoms with van der Waals surface area (Å²) in [6.07, 6.45) is 2.67. The minimum absolute atomic E-state index is 0.401. The van der Waals surface area contributed by atoms with Crippen LogP contribution < -0.4 is 4.90 Å². The zero-order valence-electron chi connectivity index (χ0n) is 8.87. The van der Waals surface area contributed by atoms with Crippen LogP contribution in [0.25, 0.3) is 0 Å². The van der Waals surface area contributed by atoms with E-state index in [0.29, 0.717) is 5.82 Å². The van der Waals surface area contributed by atoms with E-state index in [0.717, 1.165) is 0 Å². The number of amides is 1. The van der Waals surface area contributed by atoms with E-state index in [1.54, 1.807) is 13.2 Å². The van der Waals surface area contributed by atoms with Gasteiger partial charge in [0.15, 0.2) is 0 Å². The minimum atomic E-state index is -0.481. The standard InChI is InChI=1S/C9H15N3O2/c1-9(2,3)14-8(13)12(4)7-5-10-6-11-7/h5-6H,1-4H3,(H,10,11). The molecule has 0 fully saturated rings. The number of hydrogen-bond acceptors (Lipinski definition) is 3. The summed E-state index contributed by atoms with van der Waals surface area (Å²) < 4.78 is 5.16.